The first-order valence-corrected chi connectivity index (χ1v) is 5.22. The molecule has 0 aliphatic rings. The van der Waals surface area contributed by atoms with Gasteiger partial charge in [-0.2, -0.15) is 0 Å². The summed E-state index contributed by atoms with van der Waals surface area (Å²) in [6, 6.07) is 0.965. The maximum Gasteiger partial charge on any atom is 0.184 e. The maximum atomic E-state index is 13.1. The lowest BCUT2D eigenvalue weighted by molar-refractivity contribution is 0.489. The van der Waals surface area contributed by atoms with Crippen molar-refractivity contribution in [2.45, 2.75) is 0 Å². The summed E-state index contributed by atoms with van der Waals surface area (Å²) < 4.78 is 40.0. The smallest absolute Gasteiger partial charge is 0.184 e. The van der Waals surface area contributed by atoms with Crippen molar-refractivity contribution in [1.82, 2.24) is 0 Å². The van der Waals surface area contributed by atoms with E-state index in [2.05, 4.69) is 0 Å². The third kappa shape index (κ3) is 2.20. The number of hydrogen-bond donors (Lipinski definition) is 0. The first-order valence-electron chi connectivity index (χ1n) is 3.17. The highest BCUT2D eigenvalue weighted by Gasteiger charge is 2.18. The van der Waals surface area contributed by atoms with Crippen molar-refractivity contribution in [3.63, 3.8) is 0 Å². The summed E-state index contributed by atoms with van der Waals surface area (Å²) in [7, 11) is 1.50. The van der Waals surface area contributed by atoms with Crippen LogP contribution in [-0.4, -0.2) is 7.05 Å². The Morgan fingerprint density at radius 2 is 1.77 bits per heavy atom. The second-order valence-electron chi connectivity index (χ2n) is 2.30. The molecule has 0 atom stereocenters. The number of nitrogens with zero attached hydrogens (tertiary/aromatic N) is 1. The molecule has 1 aromatic rings. The van der Waals surface area contributed by atoms with E-state index in [0.717, 1.165) is 6.07 Å². The summed E-state index contributed by atoms with van der Waals surface area (Å²) in [5.41, 5.74) is -0.101. The van der Waals surface area contributed by atoms with Crippen molar-refractivity contribution >= 4 is 51.1 Å². The van der Waals surface area contributed by atoms with Crippen LogP contribution in [0.4, 0.5) is 18.9 Å². The molecule has 0 saturated heterocycles. The molecule has 0 spiro atoms. The van der Waals surface area contributed by atoms with Crippen molar-refractivity contribution in [1.29, 1.82) is 0 Å². The van der Waals surface area contributed by atoms with E-state index in [4.69, 9.17) is 0 Å². The molecular formula is C7H4F3I2N. The van der Waals surface area contributed by atoms with E-state index < -0.39 is 17.5 Å². The molecule has 0 aliphatic carbocycles. The fourth-order valence-electron chi connectivity index (χ4n) is 0.785. The molecule has 6 heteroatoms. The maximum absolute atomic E-state index is 13.1. The van der Waals surface area contributed by atoms with E-state index in [1.165, 1.54) is 32.8 Å². The highest BCUT2D eigenvalue weighted by molar-refractivity contribution is 14.1. The van der Waals surface area contributed by atoms with E-state index in [0.29, 0.717) is 0 Å². The van der Waals surface area contributed by atoms with Crippen LogP contribution < -0.4 is 3.11 Å². The van der Waals surface area contributed by atoms with Crippen molar-refractivity contribution in [2.24, 2.45) is 0 Å². The monoisotopic (exact) mass is 413 g/mol. The van der Waals surface area contributed by atoms with Gasteiger partial charge in [-0.15, -0.1) is 0 Å². The molecule has 0 bridgehead atoms. The zero-order valence-electron chi connectivity index (χ0n) is 6.41. The van der Waals surface area contributed by atoms with Gasteiger partial charge in [0.2, 0.25) is 0 Å². The summed E-state index contributed by atoms with van der Waals surface area (Å²) in [6.07, 6.45) is 0. The molecule has 72 valence electrons. The Hall–Kier alpha value is 0.270. The summed E-state index contributed by atoms with van der Waals surface area (Å²) in [5.74, 6) is -2.92. The normalized spacial score (nSPS) is 10.3. The highest BCUT2D eigenvalue weighted by Crippen LogP contribution is 2.28. The van der Waals surface area contributed by atoms with Crippen LogP contribution in [-0.2, 0) is 0 Å². The van der Waals surface area contributed by atoms with Crippen LogP contribution in [0.1, 0.15) is 0 Å². The van der Waals surface area contributed by atoms with Crippen molar-refractivity contribution in [3.05, 3.63) is 27.1 Å². The number of hydrogen-bond acceptors (Lipinski definition) is 1. The number of halogens is 5. The van der Waals surface area contributed by atoms with Gasteiger partial charge in [0.25, 0.3) is 0 Å². The number of benzene rings is 1. The molecule has 0 N–H and O–H groups in total. The van der Waals surface area contributed by atoms with Gasteiger partial charge in [-0.05, 0) is 22.6 Å². The lowest BCUT2D eigenvalue weighted by Gasteiger charge is -2.12. The molecule has 13 heavy (non-hydrogen) atoms. The molecule has 0 aliphatic heterocycles. The van der Waals surface area contributed by atoms with Crippen LogP contribution in [0.25, 0.3) is 0 Å². The number of rotatable bonds is 1. The number of anilines is 1. The Balaban J connectivity index is 3.41. The molecule has 0 saturated carbocycles. The second kappa shape index (κ2) is 4.20. The summed E-state index contributed by atoms with van der Waals surface area (Å²) in [4.78, 5) is 0. The highest BCUT2D eigenvalue weighted by atomic mass is 127. The van der Waals surface area contributed by atoms with E-state index >= 15 is 0 Å². The molecule has 0 fully saturated rings. The first-order chi connectivity index (χ1) is 5.95. The molecular weight excluding hydrogens is 409 g/mol. The topological polar surface area (TPSA) is 3.24 Å². The van der Waals surface area contributed by atoms with Gasteiger partial charge in [-0.25, -0.2) is 13.2 Å². The Bertz CT molecular complexity index is 341. The predicted octanol–water partition coefficient (Wildman–Crippen LogP) is 3.49. The molecule has 0 unspecified atom stereocenters. The van der Waals surface area contributed by atoms with Gasteiger partial charge in [0.1, 0.15) is 5.82 Å². The van der Waals surface area contributed by atoms with Crippen LogP contribution in [0.15, 0.2) is 6.07 Å². The third-order valence-corrected chi connectivity index (χ3v) is 2.92. The molecule has 0 aromatic heterocycles. The lowest BCUT2D eigenvalue weighted by Crippen LogP contribution is -2.06. The Kier molecular flexibility index (Phi) is 3.66. The zero-order valence-corrected chi connectivity index (χ0v) is 10.7. The standard InChI is InChI=1S/C7H4F3I2N/c1-13(12)4-2-3(8)7(11)6(10)5(4)9/h2H,1H3. The van der Waals surface area contributed by atoms with Crippen molar-refractivity contribution in [2.75, 3.05) is 10.2 Å². The summed E-state index contributed by atoms with van der Waals surface area (Å²) >= 11 is 3.16. The van der Waals surface area contributed by atoms with Gasteiger partial charge >= 0.3 is 0 Å². The SMILES string of the molecule is CN(I)c1cc(F)c(I)c(F)c1F. The van der Waals surface area contributed by atoms with Crippen LogP contribution in [0.2, 0.25) is 0 Å². The van der Waals surface area contributed by atoms with Crippen LogP contribution in [0.3, 0.4) is 0 Å². The second-order valence-corrected chi connectivity index (χ2v) is 4.82. The van der Waals surface area contributed by atoms with Crippen LogP contribution in [0, 0.1) is 21.0 Å². The summed E-state index contributed by atoms with van der Waals surface area (Å²) in [5, 5.41) is 0. The first kappa shape index (κ1) is 11.3. The van der Waals surface area contributed by atoms with E-state index in [1.807, 2.05) is 0 Å². The zero-order chi connectivity index (χ0) is 10.2. The quantitative estimate of drug-likeness (QED) is 0.295. The Morgan fingerprint density at radius 3 is 2.23 bits per heavy atom. The molecule has 0 radical (unpaired) electrons. The van der Waals surface area contributed by atoms with Gasteiger partial charge in [-0.3, -0.25) is 0 Å². The average molecular weight is 413 g/mol. The van der Waals surface area contributed by atoms with Gasteiger partial charge < -0.3 is 3.11 Å². The molecule has 1 nitrogen and oxygen atoms in total. The minimum Gasteiger partial charge on any atom is -0.315 e. The van der Waals surface area contributed by atoms with Gasteiger partial charge in [0.05, 0.1) is 32.1 Å². The lowest BCUT2D eigenvalue weighted by atomic mass is 10.3. The fraction of sp³-hybridized carbons (Fsp3) is 0.143. The van der Waals surface area contributed by atoms with Gasteiger partial charge in [0, 0.05) is 13.1 Å². The minimum atomic E-state index is -1.14. The molecule has 1 aromatic carbocycles. The molecule has 0 heterocycles. The molecule has 0 amide bonds. The van der Waals surface area contributed by atoms with Gasteiger partial charge in [0.15, 0.2) is 11.6 Å². The average Bonchev–Trinajstić information content (AvgIpc) is 2.07. The van der Waals surface area contributed by atoms with Crippen molar-refractivity contribution in [3.8, 4) is 0 Å². The Morgan fingerprint density at radius 1 is 1.23 bits per heavy atom. The van der Waals surface area contributed by atoms with Crippen LogP contribution >= 0.6 is 45.5 Å². The van der Waals surface area contributed by atoms with E-state index in [-0.39, 0.29) is 9.26 Å². The van der Waals surface area contributed by atoms with Crippen molar-refractivity contribution < 1.29 is 13.2 Å². The fourth-order valence-corrected chi connectivity index (χ4v) is 1.53. The predicted molar refractivity (Wildman–Crippen MR) is 61.5 cm³/mol. The van der Waals surface area contributed by atoms with Gasteiger partial charge in [-0.1, -0.05) is 0 Å². The largest absolute Gasteiger partial charge is 0.315 e. The van der Waals surface area contributed by atoms with E-state index in [9.17, 15) is 13.2 Å². The van der Waals surface area contributed by atoms with Crippen LogP contribution in [0.5, 0.6) is 0 Å². The minimum absolute atomic E-state index is 0.101. The Labute approximate surface area is 101 Å². The van der Waals surface area contributed by atoms with E-state index in [1.54, 1.807) is 22.9 Å². The summed E-state index contributed by atoms with van der Waals surface area (Å²) in [6.45, 7) is 0. The third-order valence-electron chi connectivity index (χ3n) is 1.42. The molecule has 1 rings (SSSR count).